The molecule has 102 valence electrons. The highest BCUT2D eigenvalue weighted by Gasteiger charge is 2.44. The number of aliphatic carboxylic acids is 1. The van der Waals surface area contributed by atoms with Gasteiger partial charge in [0, 0.05) is 19.5 Å². The Hall–Kier alpha value is -1.79. The van der Waals surface area contributed by atoms with Crippen molar-refractivity contribution in [1.82, 2.24) is 10.6 Å². The van der Waals surface area contributed by atoms with E-state index in [9.17, 15) is 14.4 Å². The Morgan fingerprint density at radius 1 is 1.22 bits per heavy atom. The van der Waals surface area contributed by atoms with Crippen molar-refractivity contribution in [3.63, 3.8) is 0 Å². The number of primary amides is 1. The van der Waals surface area contributed by atoms with Crippen molar-refractivity contribution >= 4 is 17.9 Å². The zero-order chi connectivity index (χ0) is 13.6. The molecule has 0 aromatic heterocycles. The van der Waals surface area contributed by atoms with E-state index in [1.54, 1.807) is 0 Å². The molecule has 1 saturated carbocycles. The van der Waals surface area contributed by atoms with E-state index in [0.717, 1.165) is 6.42 Å². The maximum atomic E-state index is 11.4. The molecule has 0 atom stereocenters. The minimum atomic E-state index is -0.859. The predicted molar refractivity (Wildman–Crippen MR) is 63.7 cm³/mol. The predicted octanol–water partition coefficient (Wildman–Crippen LogP) is -0.194. The van der Waals surface area contributed by atoms with E-state index in [2.05, 4.69) is 10.6 Å². The Kier molecular flexibility index (Phi) is 4.94. The highest BCUT2D eigenvalue weighted by molar-refractivity contribution is 5.79. The van der Waals surface area contributed by atoms with Crippen LogP contribution in [0.25, 0.3) is 0 Å². The molecule has 7 heteroatoms. The van der Waals surface area contributed by atoms with Crippen LogP contribution in [0.2, 0.25) is 0 Å². The molecule has 1 aliphatic carbocycles. The summed E-state index contributed by atoms with van der Waals surface area (Å²) in [6.07, 6.45) is 2.79. The van der Waals surface area contributed by atoms with Crippen LogP contribution in [0, 0.1) is 5.41 Å². The lowest BCUT2D eigenvalue weighted by Crippen LogP contribution is -2.49. The normalized spacial score (nSPS) is 16.4. The lowest BCUT2D eigenvalue weighted by Gasteiger charge is -2.37. The third-order valence-electron chi connectivity index (χ3n) is 3.24. The average molecular weight is 257 g/mol. The first kappa shape index (κ1) is 14.3. The van der Waals surface area contributed by atoms with Crippen LogP contribution in [0.1, 0.15) is 32.1 Å². The number of carboxylic acids is 1. The second-order valence-electron chi connectivity index (χ2n) is 4.62. The van der Waals surface area contributed by atoms with E-state index in [4.69, 9.17) is 10.8 Å². The Morgan fingerprint density at radius 2 is 1.89 bits per heavy atom. The van der Waals surface area contributed by atoms with Gasteiger partial charge in [-0.15, -0.1) is 0 Å². The van der Waals surface area contributed by atoms with Gasteiger partial charge >= 0.3 is 12.0 Å². The maximum absolute atomic E-state index is 11.4. The second kappa shape index (κ2) is 6.23. The molecule has 3 amide bonds. The zero-order valence-electron chi connectivity index (χ0n) is 10.2. The first-order valence-electron chi connectivity index (χ1n) is 6.00. The van der Waals surface area contributed by atoms with Gasteiger partial charge in [0.15, 0.2) is 0 Å². The van der Waals surface area contributed by atoms with E-state index in [1.807, 2.05) is 0 Å². The van der Waals surface area contributed by atoms with Gasteiger partial charge in [0.05, 0.1) is 5.41 Å². The number of nitrogens with one attached hydrogen (secondary N) is 2. The van der Waals surface area contributed by atoms with Crippen molar-refractivity contribution in [2.75, 3.05) is 13.1 Å². The van der Waals surface area contributed by atoms with Crippen LogP contribution in [0.3, 0.4) is 0 Å². The molecule has 0 aliphatic heterocycles. The fourth-order valence-corrected chi connectivity index (χ4v) is 1.85. The Bertz CT molecular complexity index is 339. The largest absolute Gasteiger partial charge is 0.481 e. The molecule has 1 rings (SSSR count). The summed E-state index contributed by atoms with van der Waals surface area (Å²) in [5.41, 5.74) is 4.16. The van der Waals surface area contributed by atoms with Gasteiger partial charge in [-0.1, -0.05) is 6.42 Å². The summed E-state index contributed by atoms with van der Waals surface area (Å²) >= 11 is 0. The van der Waals surface area contributed by atoms with Gasteiger partial charge in [0.25, 0.3) is 0 Å². The van der Waals surface area contributed by atoms with Crippen LogP contribution in [-0.2, 0) is 9.59 Å². The number of rotatable bonds is 7. The van der Waals surface area contributed by atoms with Crippen molar-refractivity contribution in [3.8, 4) is 0 Å². The average Bonchev–Trinajstić information content (AvgIpc) is 2.22. The number of carbonyl (C=O) groups is 3. The molecule has 0 unspecified atom stereocenters. The zero-order valence-corrected chi connectivity index (χ0v) is 10.2. The third kappa shape index (κ3) is 3.90. The summed E-state index contributed by atoms with van der Waals surface area (Å²) in [4.78, 5) is 32.8. The summed E-state index contributed by atoms with van der Waals surface area (Å²) in [5, 5.41) is 14.1. The molecule has 0 heterocycles. The highest BCUT2D eigenvalue weighted by atomic mass is 16.4. The molecule has 0 aromatic carbocycles. The number of urea groups is 1. The van der Waals surface area contributed by atoms with Crippen LogP contribution in [0.4, 0.5) is 4.79 Å². The lowest BCUT2D eigenvalue weighted by atomic mass is 9.69. The SMILES string of the molecule is NC(=O)CCCNC(=O)NCC1(C(=O)O)CCC1. The molecule has 0 saturated heterocycles. The second-order valence-corrected chi connectivity index (χ2v) is 4.62. The number of hydrogen-bond donors (Lipinski definition) is 4. The molecule has 0 aromatic rings. The van der Waals surface area contributed by atoms with Crippen molar-refractivity contribution in [1.29, 1.82) is 0 Å². The van der Waals surface area contributed by atoms with Gasteiger partial charge in [-0.2, -0.15) is 0 Å². The molecular weight excluding hydrogens is 238 g/mol. The quantitative estimate of drug-likeness (QED) is 0.472. The summed E-state index contributed by atoms with van der Waals surface area (Å²) in [6.45, 7) is 0.485. The summed E-state index contributed by atoms with van der Waals surface area (Å²) in [7, 11) is 0. The van der Waals surface area contributed by atoms with Crippen molar-refractivity contribution in [2.24, 2.45) is 11.1 Å². The summed E-state index contributed by atoms with van der Waals surface area (Å²) in [5.74, 6) is -1.26. The van der Waals surface area contributed by atoms with Gasteiger partial charge in [0.2, 0.25) is 5.91 Å². The highest BCUT2D eigenvalue weighted by Crippen LogP contribution is 2.40. The number of hydrogen-bond acceptors (Lipinski definition) is 3. The van der Waals surface area contributed by atoms with Crippen molar-refractivity contribution < 1.29 is 19.5 Å². The van der Waals surface area contributed by atoms with E-state index < -0.39 is 23.3 Å². The number of nitrogens with two attached hydrogens (primary N) is 1. The molecule has 0 radical (unpaired) electrons. The molecule has 5 N–H and O–H groups in total. The molecule has 0 bridgehead atoms. The minimum absolute atomic E-state index is 0.143. The minimum Gasteiger partial charge on any atom is -0.481 e. The van der Waals surface area contributed by atoms with Crippen LogP contribution < -0.4 is 16.4 Å². The first-order valence-corrected chi connectivity index (χ1v) is 6.00. The maximum Gasteiger partial charge on any atom is 0.314 e. The fraction of sp³-hybridized carbons (Fsp3) is 0.727. The van der Waals surface area contributed by atoms with E-state index in [-0.39, 0.29) is 13.0 Å². The monoisotopic (exact) mass is 257 g/mol. The molecular formula is C11H19N3O4. The van der Waals surface area contributed by atoms with E-state index in [0.29, 0.717) is 25.8 Å². The molecule has 1 aliphatic rings. The summed E-state index contributed by atoms with van der Waals surface area (Å²) < 4.78 is 0. The van der Waals surface area contributed by atoms with Gasteiger partial charge in [-0.3, -0.25) is 9.59 Å². The molecule has 0 spiro atoms. The fourth-order valence-electron chi connectivity index (χ4n) is 1.85. The molecule has 7 nitrogen and oxygen atoms in total. The van der Waals surface area contributed by atoms with Gasteiger partial charge in [-0.05, 0) is 19.3 Å². The van der Waals surface area contributed by atoms with Gasteiger partial charge < -0.3 is 21.5 Å². The standard InChI is InChI=1S/C11H19N3O4/c12-8(15)3-1-6-13-10(18)14-7-11(9(16)17)4-2-5-11/h1-7H2,(H2,12,15)(H,16,17)(H2,13,14,18). The van der Waals surface area contributed by atoms with Crippen LogP contribution >= 0.6 is 0 Å². The van der Waals surface area contributed by atoms with Crippen molar-refractivity contribution in [3.05, 3.63) is 0 Å². The number of amides is 3. The van der Waals surface area contributed by atoms with Crippen molar-refractivity contribution in [2.45, 2.75) is 32.1 Å². The molecule has 1 fully saturated rings. The first-order chi connectivity index (χ1) is 8.46. The van der Waals surface area contributed by atoms with Crippen LogP contribution in [0.5, 0.6) is 0 Å². The van der Waals surface area contributed by atoms with Crippen LogP contribution in [0.15, 0.2) is 0 Å². The summed E-state index contributed by atoms with van der Waals surface area (Å²) in [6, 6.07) is -0.410. The molecule has 18 heavy (non-hydrogen) atoms. The Morgan fingerprint density at radius 3 is 2.33 bits per heavy atom. The van der Waals surface area contributed by atoms with E-state index in [1.165, 1.54) is 0 Å². The van der Waals surface area contributed by atoms with Gasteiger partial charge in [0.1, 0.15) is 0 Å². The Labute approximate surface area is 105 Å². The Balaban J connectivity index is 2.17. The third-order valence-corrected chi connectivity index (χ3v) is 3.24. The topological polar surface area (TPSA) is 122 Å². The number of carboxylic acid groups (broad SMARTS) is 1. The van der Waals surface area contributed by atoms with Crippen LogP contribution in [-0.4, -0.2) is 36.1 Å². The lowest BCUT2D eigenvalue weighted by molar-refractivity contribution is -0.153. The number of carbonyl (C=O) groups excluding carboxylic acids is 2. The van der Waals surface area contributed by atoms with E-state index >= 15 is 0 Å². The van der Waals surface area contributed by atoms with Gasteiger partial charge in [-0.25, -0.2) is 4.79 Å². The smallest absolute Gasteiger partial charge is 0.314 e.